The molecular weight excluding hydrogens is 187 g/mol. The van der Waals surface area contributed by atoms with E-state index in [9.17, 15) is 18.0 Å². The summed E-state index contributed by atoms with van der Waals surface area (Å²) in [6, 6.07) is 0.652. The predicted octanol–water partition coefficient (Wildman–Crippen LogP) is 0.944. The average molecular weight is 193 g/mol. The molecule has 0 amide bonds. The third-order valence-electron chi connectivity index (χ3n) is 1.50. The van der Waals surface area contributed by atoms with Gasteiger partial charge in [-0.1, -0.05) is 0 Å². The van der Waals surface area contributed by atoms with Crippen LogP contribution < -0.4 is 5.56 Å². The molecule has 0 unspecified atom stereocenters. The summed E-state index contributed by atoms with van der Waals surface area (Å²) >= 11 is 0. The fourth-order valence-corrected chi connectivity index (χ4v) is 0.846. The SMILES string of the molecule is O=c1[nH]c(F)c(CO)cc1C(F)F. The second-order valence-electron chi connectivity index (χ2n) is 2.35. The van der Waals surface area contributed by atoms with Crippen LogP contribution in [0.25, 0.3) is 0 Å². The van der Waals surface area contributed by atoms with Crippen LogP contribution in [0.2, 0.25) is 0 Å². The van der Waals surface area contributed by atoms with E-state index in [-0.39, 0.29) is 5.56 Å². The van der Waals surface area contributed by atoms with Gasteiger partial charge in [0.25, 0.3) is 12.0 Å². The number of alkyl halides is 2. The van der Waals surface area contributed by atoms with Crippen molar-refractivity contribution in [3.8, 4) is 0 Å². The molecular formula is C7H6F3NO2. The predicted molar refractivity (Wildman–Crippen MR) is 37.9 cm³/mol. The highest BCUT2D eigenvalue weighted by Crippen LogP contribution is 2.16. The van der Waals surface area contributed by atoms with Crippen molar-refractivity contribution in [3.05, 3.63) is 33.5 Å². The van der Waals surface area contributed by atoms with Gasteiger partial charge in [-0.2, -0.15) is 4.39 Å². The molecule has 0 saturated heterocycles. The number of hydrogen-bond donors (Lipinski definition) is 2. The van der Waals surface area contributed by atoms with Crippen molar-refractivity contribution < 1.29 is 18.3 Å². The number of pyridine rings is 1. The maximum absolute atomic E-state index is 12.6. The van der Waals surface area contributed by atoms with Gasteiger partial charge in [-0.3, -0.25) is 9.78 Å². The van der Waals surface area contributed by atoms with Crippen molar-refractivity contribution in [1.82, 2.24) is 4.98 Å². The number of aromatic nitrogens is 1. The minimum atomic E-state index is -2.98. The van der Waals surface area contributed by atoms with Gasteiger partial charge in [0.15, 0.2) is 5.95 Å². The monoisotopic (exact) mass is 193 g/mol. The first-order valence-corrected chi connectivity index (χ1v) is 3.37. The van der Waals surface area contributed by atoms with E-state index in [2.05, 4.69) is 0 Å². The zero-order valence-electron chi connectivity index (χ0n) is 6.35. The van der Waals surface area contributed by atoms with E-state index < -0.39 is 30.1 Å². The number of rotatable bonds is 2. The van der Waals surface area contributed by atoms with E-state index in [4.69, 9.17) is 5.11 Å². The van der Waals surface area contributed by atoms with E-state index in [0.717, 1.165) is 0 Å². The van der Waals surface area contributed by atoms with Gasteiger partial charge < -0.3 is 5.11 Å². The van der Waals surface area contributed by atoms with Crippen LogP contribution in [0.15, 0.2) is 10.9 Å². The largest absolute Gasteiger partial charge is 0.392 e. The molecule has 0 saturated carbocycles. The molecule has 1 aromatic rings. The summed E-state index contributed by atoms with van der Waals surface area (Å²) in [5.41, 5.74) is -2.37. The number of hydrogen-bond acceptors (Lipinski definition) is 2. The lowest BCUT2D eigenvalue weighted by Gasteiger charge is -2.02. The normalized spacial score (nSPS) is 10.8. The van der Waals surface area contributed by atoms with E-state index in [1.165, 1.54) is 0 Å². The van der Waals surface area contributed by atoms with Crippen LogP contribution >= 0.6 is 0 Å². The van der Waals surface area contributed by atoms with Crippen LogP contribution in [0.4, 0.5) is 13.2 Å². The topological polar surface area (TPSA) is 53.1 Å². The second kappa shape index (κ2) is 3.61. The Morgan fingerprint density at radius 2 is 2.15 bits per heavy atom. The maximum Gasteiger partial charge on any atom is 0.269 e. The van der Waals surface area contributed by atoms with Gasteiger partial charge in [0, 0.05) is 5.56 Å². The van der Waals surface area contributed by atoms with Crippen LogP contribution in [0, 0.1) is 5.95 Å². The van der Waals surface area contributed by atoms with Crippen molar-refractivity contribution in [1.29, 1.82) is 0 Å². The summed E-state index contributed by atoms with van der Waals surface area (Å²) in [5, 5.41) is 8.51. The molecule has 0 spiro atoms. The first-order valence-electron chi connectivity index (χ1n) is 3.37. The molecule has 1 aromatic heterocycles. The molecule has 6 heteroatoms. The van der Waals surface area contributed by atoms with Crippen LogP contribution in [0.1, 0.15) is 17.6 Å². The summed E-state index contributed by atoms with van der Waals surface area (Å²) in [6.45, 7) is -0.734. The third kappa shape index (κ3) is 1.89. The Balaban J connectivity index is 3.31. The lowest BCUT2D eigenvalue weighted by Crippen LogP contribution is -2.16. The molecule has 0 aliphatic heterocycles. The molecule has 0 fully saturated rings. The summed E-state index contributed by atoms with van der Waals surface area (Å²) in [7, 11) is 0. The summed E-state index contributed by atoms with van der Waals surface area (Å²) in [4.78, 5) is 12.3. The highest BCUT2D eigenvalue weighted by molar-refractivity contribution is 5.19. The molecule has 0 radical (unpaired) electrons. The number of H-pyrrole nitrogens is 1. The number of halogens is 3. The van der Waals surface area contributed by atoms with Gasteiger partial charge in [-0.15, -0.1) is 0 Å². The number of nitrogens with one attached hydrogen (secondary N) is 1. The Kier molecular flexibility index (Phi) is 2.72. The molecule has 72 valence electrons. The van der Waals surface area contributed by atoms with E-state index in [0.29, 0.717) is 6.07 Å². The standard InChI is InChI=1S/C7H6F3NO2/c8-5(9)4-1-3(2-12)6(10)11-7(4)13/h1,5,12H,2H2,(H,11,13). The smallest absolute Gasteiger partial charge is 0.269 e. The van der Waals surface area contributed by atoms with E-state index >= 15 is 0 Å². The molecule has 3 nitrogen and oxygen atoms in total. The number of aliphatic hydroxyl groups is 1. The Morgan fingerprint density at radius 1 is 1.54 bits per heavy atom. The van der Waals surface area contributed by atoms with Gasteiger partial charge >= 0.3 is 0 Å². The fourth-order valence-electron chi connectivity index (χ4n) is 0.846. The van der Waals surface area contributed by atoms with Crippen molar-refractivity contribution >= 4 is 0 Å². The molecule has 1 heterocycles. The first kappa shape index (κ1) is 9.79. The van der Waals surface area contributed by atoms with Gasteiger partial charge in [0.05, 0.1) is 12.2 Å². The van der Waals surface area contributed by atoms with Gasteiger partial charge in [-0.05, 0) is 6.07 Å². The van der Waals surface area contributed by atoms with Crippen LogP contribution in [-0.2, 0) is 6.61 Å². The van der Waals surface area contributed by atoms with Crippen LogP contribution in [0.5, 0.6) is 0 Å². The Hall–Kier alpha value is -1.30. The zero-order chi connectivity index (χ0) is 10.0. The minimum Gasteiger partial charge on any atom is -0.392 e. The average Bonchev–Trinajstić information content (AvgIpc) is 2.03. The lowest BCUT2D eigenvalue weighted by atomic mass is 10.2. The van der Waals surface area contributed by atoms with E-state index in [1.54, 1.807) is 4.98 Å². The summed E-state index contributed by atoms with van der Waals surface area (Å²) in [6.07, 6.45) is -2.98. The number of aliphatic hydroxyl groups excluding tert-OH is 1. The van der Waals surface area contributed by atoms with Gasteiger partial charge in [0.1, 0.15) is 0 Å². The molecule has 1 rings (SSSR count). The van der Waals surface area contributed by atoms with E-state index in [1.807, 2.05) is 0 Å². The molecule has 0 atom stereocenters. The van der Waals surface area contributed by atoms with Gasteiger partial charge in [-0.25, -0.2) is 8.78 Å². The van der Waals surface area contributed by atoms with Crippen molar-refractivity contribution in [2.45, 2.75) is 13.0 Å². The highest BCUT2D eigenvalue weighted by atomic mass is 19.3. The van der Waals surface area contributed by atoms with Crippen molar-refractivity contribution in [2.75, 3.05) is 0 Å². The molecule has 13 heavy (non-hydrogen) atoms. The molecule has 0 aliphatic carbocycles. The van der Waals surface area contributed by atoms with Crippen molar-refractivity contribution in [3.63, 3.8) is 0 Å². The third-order valence-corrected chi connectivity index (χ3v) is 1.50. The quantitative estimate of drug-likeness (QED) is 0.687. The zero-order valence-corrected chi connectivity index (χ0v) is 6.35. The lowest BCUT2D eigenvalue weighted by molar-refractivity contribution is 0.149. The van der Waals surface area contributed by atoms with Crippen LogP contribution in [-0.4, -0.2) is 10.1 Å². The van der Waals surface area contributed by atoms with Gasteiger partial charge in [0.2, 0.25) is 0 Å². The first-order chi connectivity index (χ1) is 6.06. The fraction of sp³-hybridized carbons (Fsp3) is 0.286. The van der Waals surface area contributed by atoms with Crippen molar-refractivity contribution in [2.24, 2.45) is 0 Å². The Morgan fingerprint density at radius 3 is 2.62 bits per heavy atom. The Labute approximate surface area is 70.8 Å². The molecule has 0 aromatic carbocycles. The molecule has 2 N–H and O–H groups in total. The molecule has 0 bridgehead atoms. The number of aromatic amines is 1. The van der Waals surface area contributed by atoms with Crippen LogP contribution in [0.3, 0.4) is 0 Å². The summed E-state index contributed by atoms with van der Waals surface area (Å²) in [5.74, 6) is -1.09. The molecule has 0 aliphatic rings. The summed E-state index contributed by atoms with van der Waals surface area (Å²) < 4.78 is 36.7. The Bertz CT molecular complexity index is 361. The highest BCUT2D eigenvalue weighted by Gasteiger charge is 2.15. The minimum absolute atomic E-state index is 0.352. The second-order valence-corrected chi connectivity index (χ2v) is 2.35. The maximum atomic E-state index is 12.6.